The molecular weight excluding hydrogens is 461 g/mol. The molecule has 1 amide bonds. The van der Waals surface area contributed by atoms with E-state index in [2.05, 4.69) is 5.32 Å². The number of amides is 1. The van der Waals surface area contributed by atoms with E-state index in [4.69, 9.17) is 39.5 Å². The summed E-state index contributed by atoms with van der Waals surface area (Å²) in [7, 11) is 0. The smallest absolute Gasteiger partial charge is 0.405 e. The minimum atomic E-state index is -1.26. The van der Waals surface area contributed by atoms with Crippen LogP contribution in [0.3, 0.4) is 0 Å². The Balaban J connectivity index is 1.64. The van der Waals surface area contributed by atoms with Gasteiger partial charge in [0.2, 0.25) is 5.43 Å². The maximum absolute atomic E-state index is 13.9. The maximum atomic E-state index is 13.9. The van der Waals surface area contributed by atoms with Crippen LogP contribution in [0.2, 0.25) is 15.1 Å². The largest absolute Gasteiger partial charge is 0.413 e. The average Bonchev–Trinajstić information content (AvgIpc) is 3.53. The second kappa shape index (κ2) is 8.06. The first-order valence-electron chi connectivity index (χ1n) is 8.88. The lowest BCUT2D eigenvalue weighted by atomic mass is 10.1. The van der Waals surface area contributed by atoms with Crippen LogP contribution < -0.4 is 15.5 Å². The summed E-state index contributed by atoms with van der Waals surface area (Å²) >= 11 is 17.9. The van der Waals surface area contributed by atoms with Crippen LogP contribution in [0.5, 0.6) is 5.75 Å². The molecule has 1 aliphatic carbocycles. The SMILES string of the molecule is O=C(NCc1ccc(Cl)cc1Cl)Oc1cn(C2CC2)c2c(Cl)c(F)c(F)cc2c1=O. The van der Waals surface area contributed by atoms with Crippen LogP contribution in [0.25, 0.3) is 10.9 Å². The molecule has 1 aromatic heterocycles. The quantitative estimate of drug-likeness (QED) is 0.483. The molecule has 0 unspecified atom stereocenters. The van der Waals surface area contributed by atoms with Crippen molar-refractivity contribution in [3.05, 3.63) is 73.0 Å². The van der Waals surface area contributed by atoms with Gasteiger partial charge in [-0.3, -0.25) is 4.79 Å². The number of pyridine rings is 1. The number of fused-ring (bicyclic) bond motifs is 1. The van der Waals surface area contributed by atoms with Crippen molar-refractivity contribution >= 4 is 51.8 Å². The molecule has 1 N–H and O–H groups in total. The molecule has 1 saturated carbocycles. The Kier molecular flexibility index (Phi) is 5.61. The zero-order valence-electron chi connectivity index (χ0n) is 15.1. The normalized spacial score (nSPS) is 13.5. The fraction of sp³-hybridized carbons (Fsp3) is 0.200. The Hall–Kier alpha value is -2.35. The van der Waals surface area contributed by atoms with Crippen LogP contribution in [-0.4, -0.2) is 10.7 Å². The van der Waals surface area contributed by atoms with Crippen molar-refractivity contribution in [1.29, 1.82) is 0 Å². The monoisotopic (exact) mass is 472 g/mol. The Bertz CT molecular complexity index is 1240. The number of hydrogen-bond acceptors (Lipinski definition) is 3. The van der Waals surface area contributed by atoms with Gasteiger partial charge in [-0.25, -0.2) is 13.6 Å². The molecule has 156 valence electrons. The molecule has 30 heavy (non-hydrogen) atoms. The summed E-state index contributed by atoms with van der Waals surface area (Å²) in [6, 6.07) is 5.50. The zero-order chi connectivity index (χ0) is 21.6. The average molecular weight is 474 g/mol. The number of nitrogens with one attached hydrogen (secondary N) is 1. The number of carbonyl (C=O) groups is 1. The predicted octanol–water partition coefficient (Wildman–Crippen LogP) is 5.86. The summed E-state index contributed by atoms with van der Waals surface area (Å²) in [6.07, 6.45) is 1.93. The van der Waals surface area contributed by atoms with Gasteiger partial charge >= 0.3 is 6.09 Å². The minimum Gasteiger partial charge on any atom is -0.405 e. The molecule has 1 aliphatic rings. The highest BCUT2D eigenvalue weighted by Gasteiger charge is 2.29. The van der Waals surface area contributed by atoms with Crippen molar-refractivity contribution in [1.82, 2.24) is 9.88 Å². The van der Waals surface area contributed by atoms with E-state index in [-0.39, 0.29) is 29.2 Å². The van der Waals surface area contributed by atoms with Gasteiger partial charge in [0.25, 0.3) is 0 Å². The van der Waals surface area contributed by atoms with Gasteiger partial charge in [0.15, 0.2) is 17.4 Å². The molecule has 10 heteroatoms. The maximum Gasteiger partial charge on any atom is 0.413 e. The van der Waals surface area contributed by atoms with Crippen LogP contribution in [0.4, 0.5) is 13.6 Å². The highest BCUT2D eigenvalue weighted by atomic mass is 35.5. The number of halogens is 5. The summed E-state index contributed by atoms with van der Waals surface area (Å²) in [4.78, 5) is 25.0. The van der Waals surface area contributed by atoms with E-state index in [9.17, 15) is 18.4 Å². The molecule has 2 aromatic carbocycles. The molecule has 1 fully saturated rings. The van der Waals surface area contributed by atoms with Crippen LogP contribution in [0.15, 0.2) is 35.3 Å². The third-order valence-corrected chi connectivity index (χ3v) is 5.63. The number of hydrogen-bond donors (Lipinski definition) is 1. The molecule has 1 heterocycles. The Morgan fingerprint density at radius 2 is 1.93 bits per heavy atom. The molecule has 0 spiro atoms. The van der Waals surface area contributed by atoms with Crippen molar-refractivity contribution in [3.8, 4) is 5.75 Å². The molecule has 0 atom stereocenters. The summed E-state index contributed by atoms with van der Waals surface area (Å²) < 4.78 is 34.5. The number of nitrogens with zero attached hydrogens (tertiary/aromatic N) is 1. The van der Waals surface area contributed by atoms with E-state index in [1.54, 1.807) is 16.7 Å². The Morgan fingerprint density at radius 3 is 2.60 bits per heavy atom. The van der Waals surface area contributed by atoms with Crippen molar-refractivity contribution in [2.24, 2.45) is 0 Å². The summed E-state index contributed by atoms with van der Waals surface area (Å²) in [5.41, 5.74) is -0.109. The number of aromatic nitrogens is 1. The summed E-state index contributed by atoms with van der Waals surface area (Å²) in [5.74, 6) is -2.81. The van der Waals surface area contributed by atoms with Crippen LogP contribution in [0, 0.1) is 11.6 Å². The number of carbonyl (C=O) groups excluding carboxylic acids is 1. The van der Waals surface area contributed by atoms with Gasteiger partial charge in [-0.15, -0.1) is 0 Å². The van der Waals surface area contributed by atoms with Gasteiger partial charge in [-0.1, -0.05) is 40.9 Å². The highest BCUT2D eigenvalue weighted by molar-refractivity contribution is 6.35. The van der Waals surface area contributed by atoms with Crippen molar-refractivity contribution < 1.29 is 18.3 Å². The highest BCUT2D eigenvalue weighted by Crippen LogP contribution is 2.40. The first kappa shape index (κ1) is 20.9. The Morgan fingerprint density at radius 1 is 1.20 bits per heavy atom. The van der Waals surface area contributed by atoms with E-state index in [0.29, 0.717) is 15.6 Å². The fourth-order valence-electron chi connectivity index (χ4n) is 3.08. The molecule has 4 rings (SSSR count). The zero-order valence-corrected chi connectivity index (χ0v) is 17.4. The van der Waals surface area contributed by atoms with Gasteiger partial charge in [0.05, 0.1) is 17.1 Å². The fourth-order valence-corrected chi connectivity index (χ4v) is 3.84. The second-order valence-corrected chi connectivity index (χ2v) is 8.04. The summed E-state index contributed by atoms with van der Waals surface area (Å²) in [5, 5.41) is 2.64. The van der Waals surface area contributed by atoms with Crippen LogP contribution in [-0.2, 0) is 6.54 Å². The minimum absolute atomic E-state index is 0.0326. The second-order valence-electron chi connectivity index (χ2n) is 6.82. The summed E-state index contributed by atoms with van der Waals surface area (Å²) in [6.45, 7) is 0.0326. The molecule has 3 aromatic rings. The van der Waals surface area contributed by atoms with Gasteiger partial charge < -0.3 is 14.6 Å². The first-order valence-corrected chi connectivity index (χ1v) is 10.0. The van der Waals surface area contributed by atoms with Gasteiger partial charge in [-0.05, 0) is 36.6 Å². The third kappa shape index (κ3) is 3.97. The molecule has 5 nitrogen and oxygen atoms in total. The van der Waals surface area contributed by atoms with Crippen molar-refractivity contribution in [2.75, 3.05) is 0 Å². The van der Waals surface area contributed by atoms with Gasteiger partial charge in [0.1, 0.15) is 5.02 Å². The number of benzene rings is 2. The molecule has 0 saturated heterocycles. The Labute approximate surface area is 184 Å². The standard InChI is InChI=1S/C20H13Cl3F2N2O3/c21-10-2-1-9(13(22)5-10)7-26-20(29)30-15-8-27(11-3-4-11)18-12(19(15)28)6-14(24)17(25)16(18)23/h1-2,5-6,8,11H,3-4,7H2,(H,26,29). The van der Waals surface area contributed by atoms with Crippen LogP contribution >= 0.6 is 34.8 Å². The lowest BCUT2D eigenvalue weighted by molar-refractivity contribution is 0.199. The lowest BCUT2D eigenvalue weighted by Crippen LogP contribution is -2.28. The van der Waals surface area contributed by atoms with E-state index in [1.807, 2.05) is 0 Å². The number of ether oxygens (including phenoxy) is 1. The molecular formula is C20H13Cl3F2N2O3. The van der Waals surface area contributed by atoms with Gasteiger partial charge in [0, 0.05) is 22.6 Å². The first-order chi connectivity index (χ1) is 14.3. The van der Waals surface area contributed by atoms with E-state index in [1.165, 1.54) is 12.3 Å². The van der Waals surface area contributed by atoms with Crippen molar-refractivity contribution in [3.63, 3.8) is 0 Å². The van der Waals surface area contributed by atoms with E-state index >= 15 is 0 Å². The molecule has 0 aliphatic heterocycles. The van der Waals surface area contributed by atoms with Crippen molar-refractivity contribution in [2.45, 2.75) is 25.4 Å². The third-order valence-electron chi connectivity index (χ3n) is 4.70. The van der Waals surface area contributed by atoms with E-state index in [0.717, 1.165) is 18.9 Å². The predicted molar refractivity (Wildman–Crippen MR) is 111 cm³/mol. The topological polar surface area (TPSA) is 60.3 Å². The molecule has 0 bridgehead atoms. The molecule has 0 radical (unpaired) electrons. The van der Waals surface area contributed by atoms with E-state index < -0.39 is 28.2 Å². The van der Waals surface area contributed by atoms with Gasteiger partial charge in [-0.2, -0.15) is 0 Å². The number of rotatable bonds is 4. The lowest BCUT2D eigenvalue weighted by Gasteiger charge is -2.15. The van der Waals surface area contributed by atoms with Crippen LogP contribution in [0.1, 0.15) is 24.4 Å².